The highest BCUT2D eigenvalue weighted by Crippen LogP contribution is 2.42. The summed E-state index contributed by atoms with van der Waals surface area (Å²) in [4.78, 5) is 88.9. The average molecular weight is 873 g/mol. The number of H-pyrrole nitrogens is 1. The molecule has 5 aromatic rings. The second kappa shape index (κ2) is 18.4. The predicted molar refractivity (Wildman–Crippen MR) is 235 cm³/mol. The minimum Gasteiger partial charge on any atom is -0.508 e. The van der Waals surface area contributed by atoms with Crippen LogP contribution < -0.4 is 43.3 Å². The van der Waals surface area contributed by atoms with Crippen molar-refractivity contribution in [1.82, 2.24) is 35.9 Å². The largest absolute Gasteiger partial charge is 0.508 e. The number of anilines is 3. The van der Waals surface area contributed by atoms with Crippen molar-refractivity contribution in [2.75, 3.05) is 29.5 Å². The highest BCUT2D eigenvalue weighted by molar-refractivity contribution is 7.80. The van der Waals surface area contributed by atoms with E-state index in [1.165, 1.54) is 48.7 Å². The number of aromatic nitrogens is 4. The van der Waals surface area contributed by atoms with E-state index >= 15 is 0 Å². The molecule has 3 heterocycles. The quantitative estimate of drug-likeness (QED) is 0.0401. The highest BCUT2D eigenvalue weighted by atomic mass is 32.1. The molecule has 2 aromatic heterocycles. The van der Waals surface area contributed by atoms with E-state index in [1.807, 2.05) is 0 Å². The van der Waals surface area contributed by atoms with Crippen molar-refractivity contribution in [2.45, 2.75) is 25.4 Å². The molecule has 0 fully saturated rings. The number of phenolic OH excluding ortho intramolecular Hbond substituents is 1. The van der Waals surface area contributed by atoms with Gasteiger partial charge in [0.05, 0.1) is 24.0 Å². The Kier molecular flexibility index (Phi) is 12.5. The first-order valence-electron chi connectivity index (χ1n) is 19.0. The number of fused-ring (bicyclic) bond motifs is 3. The summed E-state index contributed by atoms with van der Waals surface area (Å²) in [6, 6.07) is 18.1. The molecule has 1 unspecified atom stereocenters. The first-order chi connectivity index (χ1) is 30.2. The predicted octanol–water partition coefficient (Wildman–Crippen LogP) is 3.26. The maximum atomic E-state index is 12.9. The Morgan fingerprint density at radius 2 is 1.62 bits per heavy atom. The topological polar surface area (TPSA) is 317 Å². The van der Waals surface area contributed by atoms with Gasteiger partial charge in [-0.15, -0.1) is 0 Å². The van der Waals surface area contributed by atoms with Crippen LogP contribution in [0.3, 0.4) is 0 Å². The van der Waals surface area contributed by atoms with Crippen molar-refractivity contribution < 1.29 is 38.9 Å². The zero-order valence-corrected chi connectivity index (χ0v) is 33.5. The number of aromatic amines is 1. The molecule has 0 saturated carbocycles. The van der Waals surface area contributed by atoms with Gasteiger partial charge in [0.2, 0.25) is 11.9 Å². The van der Waals surface area contributed by atoms with Crippen LogP contribution in [0.1, 0.15) is 39.3 Å². The van der Waals surface area contributed by atoms with Crippen LogP contribution in [0.5, 0.6) is 5.75 Å². The number of nitrogens with one attached hydrogen (secondary N) is 6. The average Bonchev–Trinajstić information content (AvgIpc) is 3.25. The van der Waals surface area contributed by atoms with Gasteiger partial charge in [-0.3, -0.25) is 19.2 Å². The van der Waals surface area contributed by atoms with Gasteiger partial charge in [-0.1, -0.05) is 6.07 Å². The SMILES string of the molecule is Nc1nc(=O)c2nc(CNc3ccc(C(=O)NC(CCC(=O)NCCNC(=S)Nc4ccc(-c5c6ccc(=O)cc-6oc6cc(O)ccc56)c(C(=O)O)c4)C(=O)O)cc3)cnc2[nH]1. The lowest BCUT2D eigenvalue weighted by atomic mass is 9.90. The van der Waals surface area contributed by atoms with Gasteiger partial charge in [-0.25, -0.2) is 19.6 Å². The van der Waals surface area contributed by atoms with Crippen LogP contribution in [0.2, 0.25) is 0 Å². The first-order valence-corrected chi connectivity index (χ1v) is 19.4. The van der Waals surface area contributed by atoms with Crippen LogP contribution in [0.4, 0.5) is 17.3 Å². The number of aromatic hydroxyl groups is 1. The van der Waals surface area contributed by atoms with Gasteiger partial charge in [0.15, 0.2) is 21.7 Å². The number of amides is 2. The molecule has 21 heteroatoms. The first kappa shape index (κ1) is 42.7. The van der Waals surface area contributed by atoms with E-state index < -0.39 is 35.4 Å². The molecule has 0 spiro atoms. The van der Waals surface area contributed by atoms with Gasteiger partial charge in [0, 0.05) is 65.1 Å². The Morgan fingerprint density at radius 3 is 2.38 bits per heavy atom. The Hall–Kier alpha value is -8.46. The lowest BCUT2D eigenvalue weighted by Crippen LogP contribution is -2.42. The number of thiocarbonyl (C=S) groups is 1. The fourth-order valence-corrected chi connectivity index (χ4v) is 6.80. The summed E-state index contributed by atoms with van der Waals surface area (Å²) in [7, 11) is 0. The summed E-state index contributed by atoms with van der Waals surface area (Å²) in [6.45, 7) is 0.451. The van der Waals surface area contributed by atoms with Gasteiger partial charge in [-0.05, 0) is 84.9 Å². The standard InChI is InChI=1S/C42H36N10O10S/c43-41-51-36-35(38(57)52-41)48-23(19-47-36)18-46-21-3-1-20(2-4-21)37(56)50-30(40(60)61)11-12-33(55)44-13-14-45-42(63)49-22-5-8-26(29(15-22)39(58)59)34-27-9-6-24(53)16-31(27)62-32-17-25(54)7-10-28(32)34/h1-10,15-17,19,30,46,53H,11-14,18H2,(H,44,55)(H,50,56)(H,58,59)(H,60,61)(H2,45,49,63)(H3,43,47,51,52,57). The molecule has 320 valence electrons. The fraction of sp³-hybridized carbons (Fsp3) is 0.143. The van der Waals surface area contributed by atoms with Crippen LogP contribution >= 0.6 is 12.2 Å². The number of aromatic carboxylic acids is 1. The number of hydrogen-bond acceptors (Lipinski definition) is 14. The number of nitrogens with zero attached hydrogens (tertiary/aromatic N) is 3. The molecule has 3 aromatic carbocycles. The molecule has 0 saturated heterocycles. The molecule has 0 radical (unpaired) electrons. The van der Waals surface area contributed by atoms with E-state index in [2.05, 4.69) is 46.5 Å². The number of carbonyl (C=O) groups excluding carboxylic acids is 2. The van der Waals surface area contributed by atoms with Crippen molar-refractivity contribution in [1.29, 1.82) is 0 Å². The van der Waals surface area contributed by atoms with Gasteiger partial charge >= 0.3 is 17.5 Å². The zero-order chi connectivity index (χ0) is 44.8. The van der Waals surface area contributed by atoms with Crippen molar-refractivity contribution in [2.24, 2.45) is 0 Å². The molecule has 0 bridgehead atoms. The molecule has 1 aliphatic heterocycles. The Morgan fingerprint density at radius 1 is 0.873 bits per heavy atom. The van der Waals surface area contributed by atoms with Crippen molar-refractivity contribution in [3.63, 3.8) is 0 Å². The summed E-state index contributed by atoms with van der Waals surface area (Å²) >= 11 is 5.38. The second-order valence-electron chi connectivity index (χ2n) is 13.9. The number of carboxylic acid groups (broad SMARTS) is 2. The molecule has 63 heavy (non-hydrogen) atoms. The van der Waals surface area contributed by atoms with Crippen molar-refractivity contribution >= 4 is 80.5 Å². The van der Waals surface area contributed by atoms with Crippen LogP contribution in [0.25, 0.3) is 44.6 Å². The van der Waals surface area contributed by atoms with Gasteiger partial charge in [0.25, 0.3) is 5.91 Å². The van der Waals surface area contributed by atoms with Crippen molar-refractivity contribution in [3.05, 3.63) is 122 Å². The lowest BCUT2D eigenvalue weighted by Gasteiger charge is -2.18. The molecule has 2 aliphatic rings. The number of nitrogen functional groups attached to an aromatic ring is 1. The number of nitrogens with two attached hydrogens (primary N) is 1. The van der Waals surface area contributed by atoms with Crippen LogP contribution in [-0.4, -0.2) is 83.3 Å². The minimum atomic E-state index is -1.36. The zero-order valence-electron chi connectivity index (χ0n) is 32.7. The Bertz CT molecular complexity index is 3030. The summed E-state index contributed by atoms with van der Waals surface area (Å²) in [5, 5.41) is 44.7. The maximum Gasteiger partial charge on any atom is 0.336 e. The fourth-order valence-electron chi connectivity index (χ4n) is 6.58. The normalized spacial score (nSPS) is 11.5. The molecule has 2 amide bonds. The number of benzene rings is 4. The molecule has 1 aliphatic carbocycles. The summed E-state index contributed by atoms with van der Waals surface area (Å²) in [6.07, 6.45) is 1.06. The highest BCUT2D eigenvalue weighted by Gasteiger charge is 2.24. The molecule has 1 atom stereocenters. The van der Waals surface area contributed by atoms with E-state index in [-0.39, 0.29) is 88.3 Å². The van der Waals surface area contributed by atoms with E-state index in [4.69, 9.17) is 22.4 Å². The monoisotopic (exact) mass is 872 g/mol. The van der Waals surface area contributed by atoms with Crippen molar-refractivity contribution in [3.8, 4) is 28.2 Å². The summed E-state index contributed by atoms with van der Waals surface area (Å²) in [5.74, 6) is -3.61. The molecular formula is C42H36N10O10S. The lowest BCUT2D eigenvalue weighted by molar-refractivity contribution is -0.139. The summed E-state index contributed by atoms with van der Waals surface area (Å²) < 4.78 is 5.88. The maximum absolute atomic E-state index is 12.9. The van der Waals surface area contributed by atoms with Crippen LogP contribution in [0.15, 0.2) is 99.1 Å². The summed E-state index contributed by atoms with van der Waals surface area (Å²) in [5.41, 5.74) is 7.90. The third-order valence-electron chi connectivity index (χ3n) is 9.56. The number of rotatable bonds is 15. The minimum absolute atomic E-state index is 0.0321. The molecule has 7 rings (SSSR count). The second-order valence-corrected chi connectivity index (χ2v) is 14.3. The van der Waals surface area contributed by atoms with Crippen LogP contribution in [-0.2, 0) is 16.1 Å². The Labute approximate surface area is 359 Å². The van der Waals surface area contributed by atoms with Gasteiger partial charge in [-0.2, -0.15) is 4.98 Å². The molecule has 20 nitrogen and oxygen atoms in total. The van der Waals surface area contributed by atoms with Crippen LogP contribution in [0, 0.1) is 0 Å². The Balaban J connectivity index is 0.874. The van der Waals surface area contributed by atoms with E-state index in [1.54, 1.807) is 36.4 Å². The molecular weight excluding hydrogens is 837 g/mol. The number of aliphatic carboxylic acids is 1. The van der Waals surface area contributed by atoms with E-state index in [9.17, 15) is 44.1 Å². The number of hydrogen-bond donors (Lipinski definition) is 10. The molecule has 11 N–H and O–H groups in total. The third-order valence-corrected chi connectivity index (χ3v) is 9.81. The van der Waals surface area contributed by atoms with Gasteiger partial charge in [0.1, 0.15) is 23.1 Å². The number of carboxylic acids is 2. The smallest absolute Gasteiger partial charge is 0.336 e. The van der Waals surface area contributed by atoms with Gasteiger partial charge < -0.3 is 57.0 Å². The number of carbonyl (C=O) groups is 4. The third kappa shape index (κ3) is 10.1. The number of phenols is 1. The van der Waals surface area contributed by atoms with E-state index in [0.717, 1.165) is 0 Å². The van der Waals surface area contributed by atoms with E-state index in [0.29, 0.717) is 39.1 Å².